The van der Waals surface area contributed by atoms with E-state index < -0.39 is 69.2 Å². The third-order valence-corrected chi connectivity index (χ3v) is 5.96. The molecular formula is C17H18Na2O11S+2. The second-order valence-corrected chi connectivity index (χ2v) is 8.34. The van der Waals surface area contributed by atoms with E-state index in [0.717, 1.165) is 6.92 Å². The van der Waals surface area contributed by atoms with Crippen LogP contribution in [0, 0.1) is 0 Å². The van der Waals surface area contributed by atoms with Crippen molar-refractivity contribution in [1.29, 1.82) is 0 Å². The van der Waals surface area contributed by atoms with Gasteiger partial charge < -0.3 is 25.2 Å². The van der Waals surface area contributed by atoms with E-state index in [0.29, 0.717) is 0 Å². The number of carbonyl (C=O) groups excluding carboxylic acids is 3. The Morgan fingerprint density at radius 2 is 1.65 bits per heavy atom. The first-order valence-corrected chi connectivity index (χ1v) is 9.55. The molecule has 11 nitrogen and oxygen atoms in total. The van der Waals surface area contributed by atoms with E-state index in [4.69, 9.17) is 25.0 Å². The Bertz CT molecular complexity index is 1010. The molecule has 158 valence electrons. The molecule has 0 bridgehead atoms. The third kappa shape index (κ3) is 5.96. The molecule has 1 aliphatic carbocycles. The van der Waals surface area contributed by atoms with E-state index in [-0.39, 0.29) is 70.2 Å². The molecule has 1 aromatic rings. The number of aliphatic hydroxyl groups is 4. The maximum Gasteiger partial charge on any atom is 1.00 e. The molecule has 3 rings (SSSR count). The molecule has 2 aliphatic rings. The van der Waals surface area contributed by atoms with E-state index in [9.17, 15) is 22.8 Å². The van der Waals surface area contributed by atoms with Crippen LogP contribution in [0.15, 0.2) is 35.8 Å². The Morgan fingerprint density at radius 1 is 1.13 bits per heavy atom. The van der Waals surface area contributed by atoms with Gasteiger partial charge in [0.1, 0.15) is 6.10 Å². The second kappa shape index (κ2) is 11.4. The number of aliphatic hydroxyl groups excluding tert-OH is 4. The van der Waals surface area contributed by atoms with Gasteiger partial charge in [-0.1, -0.05) is 24.3 Å². The quantitative estimate of drug-likeness (QED) is 0.158. The number of esters is 1. The summed E-state index contributed by atoms with van der Waals surface area (Å²) in [5.74, 6) is -3.98. The van der Waals surface area contributed by atoms with Crippen LogP contribution in [0.4, 0.5) is 0 Å². The van der Waals surface area contributed by atoms with Crippen molar-refractivity contribution >= 4 is 27.7 Å². The molecule has 0 saturated heterocycles. The molecule has 1 aliphatic heterocycles. The summed E-state index contributed by atoms with van der Waals surface area (Å²) in [5.41, 5.74) is 0.252. The van der Waals surface area contributed by atoms with Crippen LogP contribution in [0.1, 0.15) is 34.1 Å². The van der Waals surface area contributed by atoms with Gasteiger partial charge in [0.2, 0.25) is 5.76 Å². The number of fused-ring (bicyclic) bond motifs is 1. The molecule has 14 heteroatoms. The minimum atomic E-state index is -4.62. The van der Waals surface area contributed by atoms with Crippen LogP contribution in [-0.4, -0.2) is 74.5 Å². The van der Waals surface area contributed by atoms with Crippen molar-refractivity contribution < 1.29 is 112 Å². The molecule has 31 heavy (non-hydrogen) atoms. The number of benzene rings is 1. The monoisotopic (exact) mass is 476 g/mol. The van der Waals surface area contributed by atoms with E-state index in [1.807, 2.05) is 0 Å². The van der Waals surface area contributed by atoms with Crippen LogP contribution in [-0.2, 0) is 19.6 Å². The van der Waals surface area contributed by atoms with E-state index in [1.165, 1.54) is 12.1 Å². The molecule has 0 radical (unpaired) electrons. The van der Waals surface area contributed by atoms with Crippen molar-refractivity contribution in [1.82, 2.24) is 0 Å². The zero-order valence-corrected chi connectivity index (χ0v) is 21.8. The summed E-state index contributed by atoms with van der Waals surface area (Å²) >= 11 is 0. The minimum absolute atomic E-state index is 0. The first-order valence-electron chi connectivity index (χ1n) is 8.11. The molecule has 0 aromatic heterocycles. The third-order valence-electron chi connectivity index (χ3n) is 4.50. The van der Waals surface area contributed by atoms with Crippen molar-refractivity contribution in [3.63, 3.8) is 0 Å². The number of hydrogen-bond donors (Lipinski definition) is 5. The standard InChI is InChI=1S/C11H10O5S.C6H8O6.2Na/c1-11(17(14,15)16)6-9(12)7-4-2-3-5-8(7)10(11)13;7-1-2(8)5-3(9)4(10)6(11)12-5;;/h2-5H,6H2,1H3,(H,14,15,16);2,5,7-10H,1H2;;/q;;2*+1/t;2-,5+;;/m.0../s1. The number of ether oxygens (including phenoxy) is 1. The first kappa shape index (κ1) is 30.2. The fourth-order valence-corrected chi connectivity index (χ4v) is 3.38. The normalized spacial score (nSPS) is 23.5. The fourth-order valence-electron chi connectivity index (χ4n) is 2.72. The number of ketones is 2. The van der Waals surface area contributed by atoms with Gasteiger partial charge in [-0.3, -0.25) is 14.1 Å². The van der Waals surface area contributed by atoms with Crippen LogP contribution in [0.5, 0.6) is 0 Å². The van der Waals surface area contributed by atoms with Gasteiger partial charge in [-0.25, -0.2) is 4.79 Å². The van der Waals surface area contributed by atoms with Crippen LogP contribution in [0.3, 0.4) is 0 Å². The molecule has 1 aromatic carbocycles. The fraction of sp³-hybridized carbons (Fsp3) is 0.353. The minimum Gasteiger partial charge on any atom is -0.505 e. The van der Waals surface area contributed by atoms with Crippen LogP contribution in [0.2, 0.25) is 0 Å². The summed E-state index contributed by atoms with van der Waals surface area (Å²) in [6, 6.07) is 6.00. The Kier molecular flexibility index (Phi) is 11.1. The van der Waals surface area contributed by atoms with Gasteiger partial charge in [0.05, 0.1) is 6.61 Å². The van der Waals surface area contributed by atoms with Crippen LogP contribution < -0.4 is 59.1 Å². The molecule has 0 fully saturated rings. The van der Waals surface area contributed by atoms with Gasteiger partial charge in [-0.05, 0) is 6.92 Å². The van der Waals surface area contributed by atoms with E-state index in [2.05, 4.69) is 4.74 Å². The molecular weight excluding hydrogens is 458 g/mol. The summed E-state index contributed by atoms with van der Waals surface area (Å²) in [7, 11) is -4.62. The van der Waals surface area contributed by atoms with E-state index >= 15 is 0 Å². The van der Waals surface area contributed by atoms with Gasteiger partial charge in [0.25, 0.3) is 10.1 Å². The SMILES string of the molecule is CC1(S(=O)(=O)O)CC(=O)c2ccccc2C1=O.O=C1O[C@H]([C@@H](O)CO)C(O)=C1O.[Na+].[Na+]. The van der Waals surface area contributed by atoms with Crippen LogP contribution in [0.25, 0.3) is 0 Å². The Morgan fingerprint density at radius 3 is 2.06 bits per heavy atom. The van der Waals surface area contributed by atoms with Crippen molar-refractivity contribution in [3.8, 4) is 0 Å². The van der Waals surface area contributed by atoms with Crippen molar-refractivity contribution in [2.24, 2.45) is 0 Å². The van der Waals surface area contributed by atoms with Crippen LogP contribution >= 0.6 is 0 Å². The Hall–Kier alpha value is -0.800. The Labute approximate surface area is 221 Å². The van der Waals surface area contributed by atoms with Gasteiger partial charge in [-0.15, -0.1) is 0 Å². The smallest absolute Gasteiger partial charge is 0.505 e. The summed E-state index contributed by atoms with van der Waals surface area (Å²) in [4.78, 5) is 34.3. The number of carbonyl (C=O) groups is 3. The maximum absolute atomic E-state index is 12.0. The molecule has 5 N–H and O–H groups in total. The zero-order valence-electron chi connectivity index (χ0n) is 17.0. The van der Waals surface area contributed by atoms with Crippen molar-refractivity contribution in [2.45, 2.75) is 30.3 Å². The molecule has 1 unspecified atom stereocenters. The number of hydrogen-bond acceptors (Lipinski definition) is 10. The number of Topliss-reactive ketones (excluding diaryl/α,β-unsaturated/α-hetero) is 2. The molecule has 0 spiro atoms. The summed E-state index contributed by atoms with van der Waals surface area (Å²) in [6.07, 6.45) is -3.30. The Balaban J connectivity index is 0.000000575. The van der Waals surface area contributed by atoms with Gasteiger partial charge in [0, 0.05) is 17.5 Å². The van der Waals surface area contributed by atoms with Gasteiger partial charge in [0.15, 0.2) is 28.2 Å². The summed E-state index contributed by atoms with van der Waals surface area (Å²) < 4.78 is 33.9. The average molecular weight is 476 g/mol. The maximum atomic E-state index is 12.0. The largest absolute Gasteiger partial charge is 1.00 e. The molecule has 0 amide bonds. The topological polar surface area (TPSA) is 196 Å². The first-order chi connectivity index (χ1) is 13.3. The number of rotatable bonds is 3. The van der Waals surface area contributed by atoms with Crippen molar-refractivity contribution in [2.75, 3.05) is 6.61 Å². The van der Waals surface area contributed by atoms with Gasteiger partial charge in [-0.2, -0.15) is 8.42 Å². The second-order valence-electron chi connectivity index (χ2n) is 6.49. The zero-order chi connectivity index (χ0) is 22.1. The van der Waals surface area contributed by atoms with Crippen molar-refractivity contribution in [3.05, 3.63) is 46.9 Å². The molecule has 0 saturated carbocycles. The number of cyclic esters (lactones) is 1. The van der Waals surface area contributed by atoms with Gasteiger partial charge >= 0.3 is 65.1 Å². The van der Waals surface area contributed by atoms with E-state index in [1.54, 1.807) is 12.1 Å². The molecule has 3 atom stereocenters. The average Bonchev–Trinajstić information content (AvgIpc) is 2.92. The predicted molar refractivity (Wildman–Crippen MR) is 94.9 cm³/mol. The molecule has 1 heterocycles. The predicted octanol–water partition coefficient (Wildman–Crippen LogP) is -6.30. The summed E-state index contributed by atoms with van der Waals surface area (Å²) in [6.45, 7) is 0.397. The summed E-state index contributed by atoms with van der Waals surface area (Å²) in [5, 5.41) is 35.0.